The van der Waals surface area contributed by atoms with Gasteiger partial charge in [0.15, 0.2) is 6.61 Å². The van der Waals surface area contributed by atoms with Crippen LogP contribution < -0.4 is 5.73 Å². The molecule has 0 fully saturated rings. The van der Waals surface area contributed by atoms with Gasteiger partial charge in [-0.3, -0.25) is 4.79 Å². The summed E-state index contributed by atoms with van der Waals surface area (Å²) in [6, 6.07) is 5.47. The normalized spacial score (nSPS) is 11.1. The molecule has 0 amide bonds. The zero-order chi connectivity index (χ0) is 14.3. The molecule has 0 saturated heterocycles. The molecule has 0 heterocycles. The molecule has 3 N–H and O–H groups in total. The Morgan fingerprint density at radius 1 is 1.25 bits per heavy atom. The number of nitrogens with two attached hydrogens (primary N) is 1. The first-order chi connectivity index (χ1) is 9.02. The highest BCUT2D eigenvalue weighted by Gasteiger charge is 2.17. The van der Waals surface area contributed by atoms with E-state index in [1.807, 2.05) is 0 Å². The second-order valence-electron chi connectivity index (χ2n) is 3.89. The van der Waals surface area contributed by atoms with E-state index in [0.29, 0.717) is 0 Å². The molecule has 0 aromatic heterocycles. The van der Waals surface area contributed by atoms with Gasteiger partial charge in [0.2, 0.25) is 0 Å². The number of hydrogen-bond donors (Lipinski definition) is 2. The molecular formula is C13H18ClNO5. The molecule has 0 aliphatic heterocycles. The summed E-state index contributed by atoms with van der Waals surface area (Å²) in [7, 11) is 0. The van der Waals surface area contributed by atoms with Gasteiger partial charge in [0, 0.05) is 0 Å². The number of carbonyl (C=O) groups is 2. The number of carbonyl (C=O) groups excluding carboxylic acids is 2. The number of rotatable bonds is 6. The topological polar surface area (TPSA) is 98.9 Å². The Bertz CT molecular complexity index is 435. The van der Waals surface area contributed by atoms with E-state index in [0.717, 1.165) is 5.56 Å². The minimum absolute atomic E-state index is 0. The van der Waals surface area contributed by atoms with Crippen molar-refractivity contribution in [2.75, 3.05) is 13.2 Å². The molecule has 0 aliphatic rings. The number of ether oxygens (including phenoxy) is 2. The number of benzene rings is 1. The van der Waals surface area contributed by atoms with Crippen LogP contribution >= 0.6 is 12.4 Å². The average Bonchev–Trinajstić information content (AvgIpc) is 2.39. The Hall–Kier alpha value is -1.79. The highest BCUT2D eigenvalue weighted by molar-refractivity contribution is 5.85. The molecule has 0 spiro atoms. The van der Waals surface area contributed by atoms with Crippen molar-refractivity contribution in [1.29, 1.82) is 0 Å². The molecule has 7 heteroatoms. The van der Waals surface area contributed by atoms with Crippen LogP contribution in [0, 0.1) is 0 Å². The maximum absolute atomic E-state index is 11.5. The zero-order valence-electron chi connectivity index (χ0n) is 11.1. The molecule has 1 atom stereocenters. The second kappa shape index (κ2) is 9.17. The fourth-order valence-corrected chi connectivity index (χ4v) is 1.41. The number of esters is 2. The van der Waals surface area contributed by atoms with Crippen molar-refractivity contribution >= 4 is 24.3 Å². The van der Waals surface area contributed by atoms with Gasteiger partial charge in [-0.25, -0.2) is 4.79 Å². The van der Waals surface area contributed by atoms with Crippen LogP contribution in [0.3, 0.4) is 0 Å². The minimum atomic E-state index is -0.862. The Morgan fingerprint density at radius 2 is 1.85 bits per heavy atom. The van der Waals surface area contributed by atoms with Crippen LogP contribution in [0.4, 0.5) is 0 Å². The van der Waals surface area contributed by atoms with E-state index < -0.39 is 24.6 Å². The van der Waals surface area contributed by atoms with Gasteiger partial charge in [-0.15, -0.1) is 12.4 Å². The zero-order valence-corrected chi connectivity index (χ0v) is 11.9. The maximum Gasteiger partial charge on any atom is 0.344 e. The van der Waals surface area contributed by atoms with Crippen LogP contribution in [0.5, 0.6) is 5.75 Å². The van der Waals surface area contributed by atoms with Gasteiger partial charge >= 0.3 is 11.9 Å². The van der Waals surface area contributed by atoms with Crippen LogP contribution in [0.1, 0.15) is 12.5 Å². The molecule has 112 valence electrons. The number of phenols is 1. The first-order valence-electron chi connectivity index (χ1n) is 5.88. The standard InChI is InChI=1S/C13H17NO5.ClH/c1-2-18-12(16)8-19-13(17)11(14)7-9-3-5-10(15)6-4-9;/h3-6,11,15H,2,7-8,14H2,1H3;1H/t11-;/m0./s1. The quantitative estimate of drug-likeness (QED) is 0.754. The lowest BCUT2D eigenvalue weighted by Crippen LogP contribution is -2.35. The van der Waals surface area contributed by atoms with E-state index in [9.17, 15) is 9.59 Å². The first-order valence-corrected chi connectivity index (χ1v) is 5.88. The summed E-state index contributed by atoms with van der Waals surface area (Å²) in [4.78, 5) is 22.5. The van der Waals surface area contributed by atoms with Crippen LogP contribution in [0.2, 0.25) is 0 Å². The van der Waals surface area contributed by atoms with Crippen molar-refractivity contribution < 1.29 is 24.2 Å². The predicted molar refractivity (Wildman–Crippen MR) is 74.6 cm³/mol. The number of phenolic OH excluding ortho intramolecular Hbond substituents is 1. The molecule has 6 nitrogen and oxygen atoms in total. The van der Waals surface area contributed by atoms with Crippen LogP contribution in [-0.2, 0) is 25.5 Å². The second-order valence-corrected chi connectivity index (χ2v) is 3.89. The van der Waals surface area contributed by atoms with Gasteiger partial charge in [-0.2, -0.15) is 0 Å². The Morgan fingerprint density at radius 3 is 2.40 bits per heavy atom. The average molecular weight is 304 g/mol. The summed E-state index contributed by atoms with van der Waals surface area (Å²) in [5.41, 5.74) is 6.45. The summed E-state index contributed by atoms with van der Waals surface area (Å²) >= 11 is 0. The Labute approximate surface area is 123 Å². The summed E-state index contributed by atoms with van der Waals surface area (Å²) in [6.07, 6.45) is 0.266. The van der Waals surface area contributed by atoms with E-state index in [1.165, 1.54) is 12.1 Å². The van der Waals surface area contributed by atoms with E-state index in [1.54, 1.807) is 19.1 Å². The highest BCUT2D eigenvalue weighted by Crippen LogP contribution is 2.11. The maximum atomic E-state index is 11.5. The largest absolute Gasteiger partial charge is 0.508 e. The molecular weight excluding hydrogens is 286 g/mol. The number of halogens is 1. The molecule has 1 rings (SSSR count). The Kier molecular flexibility index (Phi) is 8.35. The van der Waals surface area contributed by atoms with Crippen LogP contribution in [-0.4, -0.2) is 36.3 Å². The van der Waals surface area contributed by atoms with Crippen molar-refractivity contribution in [1.82, 2.24) is 0 Å². The molecule has 0 aliphatic carbocycles. The van der Waals surface area contributed by atoms with E-state index in [4.69, 9.17) is 15.6 Å². The summed E-state index contributed by atoms with van der Waals surface area (Å²) in [5.74, 6) is -1.13. The van der Waals surface area contributed by atoms with Crippen LogP contribution in [0.25, 0.3) is 0 Å². The number of hydrogen-bond acceptors (Lipinski definition) is 6. The third kappa shape index (κ3) is 6.40. The van der Waals surface area contributed by atoms with Crippen molar-refractivity contribution in [3.8, 4) is 5.75 Å². The fraction of sp³-hybridized carbons (Fsp3) is 0.385. The van der Waals surface area contributed by atoms with E-state index in [2.05, 4.69) is 4.74 Å². The van der Waals surface area contributed by atoms with Crippen molar-refractivity contribution in [2.45, 2.75) is 19.4 Å². The van der Waals surface area contributed by atoms with Gasteiger partial charge in [-0.05, 0) is 31.0 Å². The molecule has 0 unspecified atom stereocenters. The van der Waals surface area contributed by atoms with Crippen molar-refractivity contribution in [3.05, 3.63) is 29.8 Å². The molecule has 0 saturated carbocycles. The van der Waals surface area contributed by atoms with E-state index >= 15 is 0 Å². The summed E-state index contributed by atoms with van der Waals surface area (Å²) < 4.78 is 9.34. The minimum Gasteiger partial charge on any atom is -0.508 e. The van der Waals surface area contributed by atoms with Gasteiger partial charge in [-0.1, -0.05) is 12.1 Å². The molecule has 1 aromatic carbocycles. The van der Waals surface area contributed by atoms with Gasteiger partial charge in [0.25, 0.3) is 0 Å². The lowest BCUT2D eigenvalue weighted by molar-refractivity contribution is -0.159. The predicted octanol–water partition coefficient (Wildman–Crippen LogP) is 0.790. The van der Waals surface area contributed by atoms with Crippen molar-refractivity contribution in [2.24, 2.45) is 5.73 Å². The van der Waals surface area contributed by atoms with E-state index in [-0.39, 0.29) is 31.2 Å². The molecule has 1 aromatic rings. The number of aromatic hydroxyl groups is 1. The monoisotopic (exact) mass is 303 g/mol. The van der Waals surface area contributed by atoms with Gasteiger partial charge in [0.05, 0.1) is 6.61 Å². The Balaban J connectivity index is 0.00000361. The lowest BCUT2D eigenvalue weighted by Gasteiger charge is -2.11. The smallest absolute Gasteiger partial charge is 0.344 e. The third-order valence-corrected chi connectivity index (χ3v) is 2.33. The third-order valence-electron chi connectivity index (χ3n) is 2.33. The first kappa shape index (κ1) is 18.2. The van der Waals surface area contributed by atoms with Gasteiger partial charge < -0.3 is 20.3 Å². The van der Waals surface area contributed by atoms with Gasteiger partial charge in [0.1, 0.15) is 11.8 Å². The molecule has 20 heavy (non-hydrogen) atoms. The molecule has 0 radical (unpaired) electrons. The summed E-state index contributed by atoms with van der Waals surface area (Å²) in [5, 5.41) is 9.12. The van der Waals surface area contributed by atoms with Crippen LogP contribution in [0.15, 0.2) is 24.3 Å². The fourth-order valence-electron chi connectivity index (χ4n) is 1.41. The highest BCUT2D eigenvalue weighted by atomic mass is 35.5. The lowest BCUT2D eigenvalue weighted by atomic mass is 10.1. The molecule has 0 bridgehead atoms. The summed E-state index contributed by atoms with van der Waals surface area (Å²) in [6.45, 7) is 1.46. The SMILES string of the molecule is CCOC(=O)COC(=O)[C@@H](N)Cc1ccc(O)cc1.Cl. The van der Waals surface area contributed by atoms with Crippen molar-refractivity contribution in [3.63, 3.8) is 0 Å².